The molecule has 7 nitrogen and oxygen atoms in total. The third kappa shape index (κ3) is 5.08. The summed E-state index contributed by atoms with van der Waals surface area (Å²) < 4.78 is 24.3. The zero-order valence-corrected chi connectivity index (χ0v) is 14.2. The minimum Gasteiger partial charge on any atom is -0.326 e. The highest BCUT2D eigenvalue weighted by molar-refractivity contribution is 7.99. The average Bonchev–Trinajstić information content (AvgIpc) is 2.92. The maximum atomic E-state index is 11.9. The Labute approximate surface area is 139 Å². The van der Waals surface area contributed by atoms with Crippen LogP contribution >= 0.6 is 11.8 Å². The number of benzene rings is 1. The maximum Gasteiger partial charge on any atom is 0.238 e. The maximum absolute atomic E-state index is 11.9. The van der Waals surface area contributed by atoms with Crippen molar-refractivity contribution in [3.8, 4) is 0 Å². The van der Waals surface area contributed by atoms with Gasteiger partial charge in [-0.15, -0.1) is 0 Å². The van der Waals surface area contributed by atoms with Gasteiger partial charge in [0, 0.05) is 24.6 Å². The Morgan fingerprint density at radius 3 is 2.65 bits per heavy atom. The predicted molar refractivity (Wildman–Crippen MR) is 89.7 cm³/mol. The Balaban J connectivity index is 1.91. The fourth-order valence-corrected chi connectivity index (χ4v) is 3.20. The molecular formula is C14H18N4O3S2. The van der Waals surface area contributed by atoms with Crippen LogP contribution in [0.15, 0.2) is 46.7 Å². The summed E-state index contributed by atoms with van der Waals surface area (Å²) in [6, 6.07) is 5.71. The molecule has 0 aliphatic rings. The number of hydrogen-bond donors (Lipinski definition) is 2. The standard InChI is InChI=1S/C14H18N4O3S2/c1-2-8-18-9-7-16-14(18)22-10-13(19)17-11-3-5-12(6-4-11)23(15,20)21/h3-7,9H,2,8,10H2,1H3,(H,17,19)(H2,15,20,21). The van der Waals surface area contributed by atoms with Gasteiger partial charge in [0.25, 0.3) is 0 Å². The number of amides is 1. The molecule has 1 heterocycles. The molecule has 0 aliphatic heterocycles. The van der Waals surface area contributed by atoms with E-state index < -0.39 is 10.0 Å². The number of nitrogens with zero attached hydrogens (tertiary/aromatic N) is 2. The van der Waals surface area contributed by atoms with E-state index >= 15 is 0 Å². The SMILES string of the molecule is CCCn1ccnc1SCC(=O)Nc1ccc(S(N)(=O)=O)cc1. The van der Waals surface area contributed by atoms with Crippen LogP contribution in [-0.2, 0) is 21.4 Å². The van der Waals surface area contributed by atoms with E-state index in [1.54, 1.807) is 6.20 Å². The van der Waals surface area contributed by atoms with Crippen LogP contribution in [0.3, 0.4) is 0 Å². The number of nitrogens with one attached hydrogen (secondary N) is 1. The Morgan fingerprint density at radius 2 is 2.04 bits per heavy atom. The quantitative estimate of drug-likeness (QED) is 0.736. The molecule has 1 aromatic heterocycles. The smallest absolute Gasteiger partial charge is 0.238 e. The van der Waals surface area contributed by atoms with Gasteiger partial charge in [0.2, 0.25) is 15.9 Å². The molecule has 124 valence electrons. The molecule has 0 bridgehead atoms. The molecule has 1 aromatic carbocycles. The third-order valence-corrected chi connectivity index (χ3v) is 4.87. The molecule has 1 amide bonds. The summed E-state index contributed by atoms with van der Waals surface area (Å²) in [6.45, 7) is 2.94. The first-order valence-corrected chi connectivity index (χ1v) is 9.50. The first-order valence-electron chi connectivity index (χ1n) is 6.97. The van der Waals surface area contributed by atoms with E-state index in [0.29, 0.717) is 5.69 Å². The first-order chi connectivity index (χ1) is 10.9. The van der Waals surface area contributed by atoms with Gasteiger partial charge in [-0.25, -0.2) is 18.5 Å². The highest BCUT2D eigenvalue weighted by atomic mass is 32.2. The average molecular weight is 354 g/mol. The number of carbonyl (C=O) groups is 1. The number of carbonyl (C=O) groups excluding carboxylic acids is 1. The summed E-state index contributed by atoms with van der Waals surface area (Å²) in [6.07, 6.45) is 4.59. The van der Waals surface area contributed by atoms with Crippen molar-refractivity contribution in [2.75, 3.05) is 11.1 Å². The van der Waals surface area contributed by atoms with Gasteiger partial charge >= 0.3 is 0 Å². The minimum absolute atomic E-state index is 0.00599. The number of anilines is 1. The highest BCUT2D eigenvalue weighted by Crippen LogP contribution is 2.17. The lowest BCUT2D eigenvalue weighted by molar-refractivity contribution is -0.113. The van der Waals surface area contributed by atoms with Crippen LogP contribution in [0.25, 0.3) is 0 Å². The Kier molecular flexibility index (Phi) is 5.80. The Bertz CT molecular complexity index is 770. The van der Waals surface area contributed by atoms with Crippen molar-refractivity contribution in [3.05, 3.63) is 36.7 Å². The Hall–Kier alpha value is -1.84. The molecule has 23 heavy (non-hydrogen) atoms. The second kappa shape index (κ2) is 7.62. The fraction of sp³-hybridized carbons (Fsp3) is 0.286. The van der Waals surface area contributed by atoms with Crippen molar-refractivity contribution in [2.24, 2.45) is 5.14 Å². The summed E-state index contributed by atoms with van der Waals surface area (Å²) in [5, 5.41) is 8.52. The van der Waals surface area contributed by atoms with E-state index in [4.69, 9.17) is 5.14 Å². The van der Waals surface area contributed by atoms with Crippen molar-refractivity contribution in [1.82, 2.24) is 9.55 Å². The van der Waals surface area contributed by atoms with Gasteiger partial charge in [0.1, 0.15) is 0 Å². The van der Waals surface area contributed by atoms with Crippen molar-refractivity contribution in [3.63, 3.8) is 0 Å². The van der Waals surface area contributed by atoms with Crippen molar-refractivity contribution in [1.29, 1.82) is 0 Å². The van der Waals surface area contributed by atoms with Crippen molar-refractivity contribution in [2.45, 2.75) is 29.9 Å². The number of nitrogens with two attached hydrogens (primary N) is 1. The predicted octanol–water partition coefficient (Wildman–Crippen LogP) is 1.67. The highest BCUT2D eigenvalue weighted by Gasteiger charge is 2.10. The molecule has 2 aromatic rings. The largest absolute Gasteiger partial charge is 0.326 e. The van der Waals surface area contributed by atoms with Gasteiger partial charge in [0.15, 0.2) is 5.16 Å². The van der Waals surface area contributed by atoms with Crippen molar-refractivity contribution < 1.29 is 13.2 Å². The Morgan fingerprint density at radius 1 is 1.35 bits per heavy atom. The lowest BCUT2D eigenvalue weighted by Gasteiger charge is -2.07. The van der Waals surface area contributed by atoms with E-state index in [-0.39, 0.29) is 16.6 Å². The van der Waals surface area contributed by atoms with Crippen LogP contribution < -0.4 is 10.5 Å². The van der Waals surface area contributed by atoms with E-state index in [1.165, 1.54) is 36.0 Å². The number of sulfonamides is 1. The molecule has 2 rings (SSSR count). The monoisotopic (exact) mass is 354 g/mol. The first kappa shape index (κ1) is 17.5. The van der Waals surface area contributed by atoms with Crippen LogP contribution in [-0.4, -0.2) is 29.6 Å². The van der Waals surface area contributed by atoms with E-state index in [0.717, 1.165) is 18.1 Å². The van der Waals surface area contributed by atoms with Gasteiger partial charge < -0.3 is 9.88 Å². The van der Waals surface area contributed by atoms with E-state index in [2.05, 4.69) is 17.2 Å². The molecule has 0 saturated carbocycles. The summed E-state index contributed by atoms with van der Waals surface area (Å²) in [5.74, 6) is 0.0295. The number of imidazole rings is 1. The summed E-state index contributed by atoms with van der Waals surface area (Å²) >= 11 is 1.35. The molecule has 0 aliphatic carbocycles. The van der Waals surface area contributed by atoms with Crippen LogP contribution in [0.1, 0.15) is 13.3 Å². The minimum atomic E-state index is -3.73. The molecule has 0 spiro atoms. The molecule has 0 fully saturated rings. The van der Waals surface area contributed by atoms with Crippen molar-refractivity contribution >= 4 is 33.4 Å². The number of thioether (sulfide) groups is 1. The number of aryl methyl sites for hydroxylation is 1. The molecule has 0 saturated heterocycles. The van der Waals surface area contributed by atoms with Crippen LogP contribution in [0.2, 0.25) is 0 Å². The normalized spacial score (nSPS) is 11.4. The van der Waals surface area contributed by atoms with E-state index in [1.807, 2.05) is 10.8 Å². The fourth-order valence-electron chi connectivity index (χ4n) is 1.90. The number of rotatable bonds is 7. The number of aromatic nitrogens is 2. The second-order valence-corrected chi connectivity index (χ2v) is 7.31. The van der Waals surface area contributed by atoms with Gasteiger partial charge in [-0.2, -0.15) is 0 Å². The molecule has 3 N–H and O–H groups in total. The summed E-state index contributed by atoms with van der Waals surface area (Å²) in [7, 11) is -3.73. The van der Waals surface area contributed by atoms with Gasteiger partial charge in [-0.1, -0.05) is 18.7 Å². The second-order valence-electron chi connectivity index (χ2n) is 4.81. The summed E-state index contributed by atoms with van der Waals surface area (Å²) in [4.78, 5) is 16.2. The molecule has 0 radical (unpaired) electrons. The molecule has 9 heteroatoms. The summed E-state index contributed by atoms with van der Waals surface area (Å²) in [5.41, 5.74) is 0.514. The molecule has 0 unspecified atom stereocenters. The molecule has 0 atom stereocenters. The van der Waals surface area contributed by atoms with Gasteiger partial charge in [-0.3, -0.25) is 4.79 Å². The van der Waals surface area contributed by atoms with E-state index in [9.17, 15) is 13.2 Å². The lowest BCUT2D eigenvalue weighted by atomic mass is 10.3. The molecular weight excluding hydrogens is 336 g/mol. The number of hydrogen-bond acceptors (Lipinski definition) is 5. The zero-order valence-electron chi connectivity index (χ0n) is 12.6. The van der Waals surface area contributed by atoms with Crippen LogP contribution in [0, 0.1) is 0 Å². The van der Waals surface area contributed by atoms with Gasteiger partial charge in [0.05, 0.1) is 10.6 Å². The topological polar surface area (TPSA) is 107 Å². The number of primary sulfonamides is 1. The van der Waals surface area contributed by atoms with Gasteiger partial charge in [-0.05, 0) is 30.7 Å². The van der Waals surface area contributed by atoms with Crippen LogP contribution in [0.5, 0.6) is 0 Å². The third-order valence-electron chi connectivity index (χ3n) is 2.94. The zero-order chi connectivity index (χ0) is 16.9. The lowest BCUT2D eigenvalue weighted by Crippen LogP contribution is -2.15. The van der Waals surface area contributed by atoms with Crippen LogP contribution in [0.4, 0.5) is 5.69 Å².